The van der Waals surface area contributed by atoms with Crippen LogP contribution in [0.3, 0.4) is 0 Å². The zero-order valence-corrected chi connectivity index (χ0v) is 42.4. The van der Waals surface area contributed by atoms with E-state index in [0.29, 0.717) is 11.3 Å². The summed E-state index contributed by atoms with van der Waals surface area (Å²) in [6.07, 6.45) is 0. The largest absolute Gasteiger partial charge is 0.455 e. The molecule has 0 atom stereocenters. The van der Waals surface area contributed by atoms with Gasteiger partial charge >= 0.3 is 0 Å². The molecule has 1 aliphatic carbocycles. The van der Waals surface area contributed by atoms with Gasteiger partial charge in [-0.3, -0.25) is 0 Å². The lowest BCUT2D eigenvalue weighted by atomic mass is 9.67. The third-order valence-corrected chi connectivity index (χ3v) is 17.1. The Morgan fingerprint density at radius 3 is 1.51 bits per heavy atom. The molecular weight excluding hydrogens is 921 g/mol. The Kier molecular flexibility index (Phi) is 10.3. The van der Waals surface area contributed by atoms with Crippen molar-refractivity contribution in [3.05, 3.63) is 263 Å². The minimum atomic E-state index is -1.67. The second-order valence-electron chi connectivity index (χ2n) is 20.3. The zero-order chi connectivity index (χ0) is 50.3. The Bertz CT molecular complexity index is 4200. The number of hydrogen-bond acceptors (Lipinski definition) is 5. The van der Waals surface area contributed by atoms with Crippen LogP contribution in [0.5, 0.6) is 0 Å². The maximum Gasteiger partial charge on any atom is 0.187 e. The Balaban J connectivity index is 1.24. The summed E-state index contributed by atoms with van der Waals surface area (Å²) in [6.45, 7) is 17.1. The Morgan fingerprint density at radius 1 is 0.500 bits per heavy atom. The van der Waals surface area contributed by atoms with Gasteiger partial charge in [0, 0.05) is 50.0 Å². The first kappa shape index (κ1) is 44.5. The third-order valence-electron chi connectivity index (χ3n) is 15.0. The highest BCUT2D eigenvalue weighted by atomic mass is 28.3. The van der Waals surface area contributed by atoms with Gasteiger partial charge in [0.1, 0.15) is 16.7 Å². The molecule has 13 rings (SSSR count). The van der Waals surface area contributed by atoms with Crippen LogP contribution in [0, 0.1) is 24.8 Å². The van der Waals surface area contributed by atoms with Crippen LogP contribution < -0.4 is 15.0 Å². The number of nitriles is 1. The molecule has 0 fully saturated rings. The van der Waals surface area contributed by atoms with Crippen LogP contribution in [0.15, 0.2) is 227 Å². The van der Waals surface area contributed by atoms with Gasteiger partial charge < -0.3 is 18.6 Å². The van der Waals surface area contributed by atoms with Crippen LogP contribution >= 0.6 is 0 Å². The van der Waals surface area contributed by atoms with Crippen molar-refractivity contribution in [2.45, 2.75) is 32.0 Å². The van der Waals surface area contributed by atoms with Gasteiger partial charge in [0.25, 0.3) is 0 Å². The summed E-state index contributed by atoms with van der Waals surface area (Å²) < 4.78 is 14.7. The van der Waals surface area contributed by atoms with E-state index in [4.69, 9.17) is 15.4 Å². The minimum Gasteiger partial charge on any atom is -0.455 e. The first-order valence-electron chi connectivity index (χ1n) is 25.0. The van der Waals surface area contributed by atoms with E-state index >= 15 is 0 Å². The van der Waals surface area contributed by atoms with Gasteiger partial charge in [-0.25, -0.2) is 4.85 Å². The predicted molar refractivity (Wildman–Crippen MR) is 306 cm³/mol. The van der Waals surface area contributed by atoms with Gasteiger partial charge in [0.2, 0.25) is 0 Å². The van der Waals surface area contributed by atoms with Crippen LogP contribution in [-0.2, 0) is 5.41 Å². The fourth-order valence-electron chi connectivity index (χ4n) is 11.5. The van der Waals surface area contributed by atoms with Gasteiger partial charge in [0.05, 0.1) is 48.5 Å². The van der Waals surface area contributed by atoms with Crippen molar-refractivity contribution in [1.29, 1.82) is 5.26 Å². The molecule has 0 unspecified atom stereocenters. The quantitative estimate of drug-likeness (QED) is 0.107. The fraction of sp³-hybridized carbons (Fsp3) is 0.0746. The number of hydrogen-bond donors (Lipinski definition) is 0. The van der Waals surface area contributed by atoms with Crippen molar-refractivity contribution in [2.75, 3.05) is 9.80 Å². The van der Waals surface area contributed by atoms with E-state index in [0.717, 1.165) is 117 Å². The zero-order valence-electron chi connectivity index (χ0n) is 41.4. The number of para-hydroxylation sites is 2. The molecule has 12 aromatic rings. The monoisotopic (exact) mass is 968 g/mol. The molecule has 6 nitrogen and oxygen atoms in total. The van der Waals surface area contributed by atoms with Gasteiger partial charge in [-0.1, -0.05) is 164 Å². The first-order chi connectivity index (χ1) is 36.1. The van der Waals surface area contributed by atoms with Crippen molar-refractivity contribution in [1.82, 2.24) is 0 Å². The minimum absolute atomic E-state index is 0.566. The Hall–Kier alpha value is -9.40. The van der Waals surface area contributed by atoms with Crippen molar-refractivity contribution in [3.8, 4) is 17.2 Å². The number of nitrogens with zero attached hydrogens (tertiary/aromatic N) is 4. The van der Waals surface area contributed by atoms with Crippen molar-refractivity contribution < 1.29 is 8.83 Å². The molecular formula is C67H48N4O2Si. The lowest BCUT2D eigenvalue weighted by Crippen LogP contribution is -2.37. The molecule has 2 aromatic heterocycles. The summed E-state index contributed by atoms with van der Waals surface area (Å²) in [4.78, 5) is 8.40. The molecule has 0 spiro atoms. The summed E-state index contributed by atoms with van der Waals surface area (Å²) in [5, 5.41) is 15.4. The number of benzene rings is 10. The summed E-state index contributed by atoms with van der Waals surface area (Å²) in [6, 6.07) is 79.2. The van der Waals surface area contributed by atoms with Gasteiger partial charge in [-0.05, 0) is 114 Å². The molecule has 1 aliphatic rings. The molecule has 0 N–H and O–H groups in total. The third kappa shape index (κ3) is 6.82. The summed E-state index contributed by atoms with van der Waals surface area (Å²) in [5.41, 5.74) is 16.4. The Morgan fingerprint density at radius 2 is 0.959 bits per heavy atom. The molecule has 0 bridgehead atoms. The summed E-state index contributed by atoms with van der Waals surface area (Å²) in [5.74, 6) is 0. The smallest absolute Gasteiger partial charge is 0.187 e. The standard InChI is InChI=1S/C67H48N4O2Si/c1-43-24-30-48(31-25-43)71(50-34-28-47(69-2)29-35-50)58-41-55-63(62-54-21-13-15-23-60(54)72-65(58)62)64-56(67(55,45-16-8-6-9-17-45)46-18-10-7-11-19-46)40-57(61-53-20-12-14-22-59(53)73-66(61)64)70(49-32-26-44(42-68)27-33-49)51-36-38-52(39-37-51)74(3,4)5/h6-41H,1,3-5H3. The fourth-order valence-corrected chi connectivity index (χ4v) is 12.7. The first-order valence-corrected chi connectivity index (χ1v) is 28.5. The van der Waals surface area contributed by atoms with Crippen molar-refractivity contribution in [3.63, 3.8) is 0 Å². The number of aryl methyl sites for hydroxylation is 1. The average Bonchev–Trinajstić information content (AvgIpc) is 4.24. The number of fused-ring (bicyclic) bond motifs is 11. The highest BCUT2D eigenvalue weighted by molar-refractivity contribution is 6.88. The van der Waals surface area contributed by atoms with E-state index in [9.17, 15) is 5.26 Å². The maximum absolute atomic E-state index is 10.1. The molecule has 0 radical (unpaired) electrons. The predicted octanol–water partition coefficient (Wildman–Crippen LogP) is 18.1. The molecule has 10 aromatic carbocycles. The topological polar surface area (TPSA) is 60.9 Å². The van der Waals surface area contributed by atoms with Crippen molar-refractivity contribution >= 4 is 96.9 Å². The van der Waals surface area contributed by atoms with E-state index in [1.54, 1.807) is 0 Å². The molecule has 2 heterocycles. The van der Waals surface area contributed by atoms with Crippen LogP contribution in [0.1, 0.15) is 33.4 Å². The molecule has 7 heteroatoms. The van der Waals surface area contributed by atoms with E-state index < -0.39 is 13.5 Å². The molecule has 0 saturated heterocycles. The lowest BCUT2D eigenvalue weighted by Gasteiger charge is -2.36. The molecule has 0 aliphatic heterocycles. The second kappa shape index (κ2) is 17.1. The molecule has 74 heavy (non-hydrogen) atoms. The van der Waals surface area contributed by atoms with Crippen LogP contribution in [-0.4, -0.2) is 8.07 Å². The van der Waals surface area contributed by atoms with Crippen LogP contribution in [0.4, 0.5) is 39.8 Å². The molecule has 0 saturated carbocycles. The van der Waals surface area contributed by atoms with Crippen LogP contribution in [0.25, 0.3) is 59.8 Å². The highest BCUT2D eigenvalue weighted by Gasteiger charge is 2.50. The molecule has 352 valence electrons. The second-order valence-corrected chi connectivity index (χ2v) is 25.4. The average molecular weight is 969 g/mol. The maximum atomic E-state index is 10.1. The highest BCUT2D eigenvalue weighted by Crippen LogP contribution is 2.64. The van der Waals surface area contributed by atoms with Gasteiger partial charge in [-0.2, -0.15) is 5.26 Å². The SMILES string of the molecule is [C-]#[N+]c1ccc(N(c2ccc(C)cc2)c2cc3c(c4c2oc2ccccc24)-c2c(cc(N(c4ccc(C#N)cc4)c4ccc([Si](C)(C)C)cc4)c4c2oc2ccccc24)C3(c2ccccc2)c2ccccc2)cc1. The summed E-state index contributed by atoms with van der Waals surface area (Å²) >= 11 is 0. The number of furan rings is 2. The van der Waals surface area contributed by atoms with Gasteiger partial charge in [0.15, 0.2) is 11.3 Å². The van der Waals surface area contributed by atoms with Gasteiger partial charge in [-0.15, -0.1) is 0 Å². The van der Waals surface area contributed by atoms with E-state index in [-0.39, 0.29) is 0 Å². The summed E-state index contributed by atoms with van der Waals surface area (Å²) in [7, 11) is -1.67. The van der Waals surface area contributed by atoms with E-state index in [1.807, 2.05) is 48.5 Å². The number of anilines is 6. The van der Waals surface area contributed by atoms with E-state index in [1.165, 1.54) is 5.19 Å². The Labute approximate surface area is 431 Å². The lowest BCUT2D eigenvalue weighted by molar-refractivity contribution is 0.668. The molecule has 0 amide bonds. The van der Waals surface area contributed by atoms with Crippen LogP contribution in [0.2, 0.25) is 19.6 Å². The normalized spacial score (nSPS) is 12.7. The number of rotatable bonds is 9. The van der Waals surface area contributed by atoms with E-state index in [2.05, 4.69) is 217 Å². The van der Waals surface area contributed by atoms with Crippen molar-refractivity contribution in [2.24, 2.45) is 0 Å².